The van der Waals surface area contributed by atoms with E-state index < -0.39 is 0 Å². The molecule has 0 saturated carbocycles. The van der Waals surface area contributed by atoms with Gasteiger partial charge in [-0.2, -0.15) is 5.10 Å². The van der Waals surface area contributed by atoms with Gasteiger partial charge in [0.1, 0.15) is 11.6 Å². The van der Waals surface area contributed by atoms with Crippen LogP contribution in [0.3, 0.4) is 0 Å². The molecule has 2 aromatic carbocycles. The van der Waals surface area contributed by atoms with Crippen molar-refractivity contribution < 1.29 is 13.9 Å². The molecule has 1 aliphatic heterocycles. The van der Waals surface area contributed by atoms with Crippen molar-refractivity contribution in [2.75, 3.05) is 12.9 Å². The summed E-state index contributed by atoms with van der Waals surface area (Å²) in [5.41, 5.74) is 1.63. The second kappa shape index (κ2) is 7.94. The van der Waals surface area contributed by atoms with Crippen LogP contribution in [0.5, 0.6) is 5.75 Å². The van der Waals surface area contributed by atoms with E-state index >= 15 is 0 Å². The van der Waals surface area contributed by atoms with Crippen LogP contribution in [0, 0.1) is 5.82 Å². The molecular weight excluding hydrogens is 341 g/mol. The minimum atomic E-state index is -0.304. The van der Waals surface area contributed by atoms with Crippen molar-refractivity contribution in [3.63, 3.8) is 0 Å². The molecule has 1 saturated heterocycles. The van der Waals surface area contributed by atoms with Crippen LogP contribution in [0.4, 0.5) is 4.39 Å². The van der Waals surface area contributed by atoms with Gasteiger partial charge in [-0.15, -0.1) is 5.10 Å². The average Bonchev–Trinajstić information content (AvgIpc) is 2.97. The van der Waals surface area contributed by atoms with Gasteiger partial charge in [-0.3, -0.25) is 9.69 Å². The number of hydrogen-bond donors (Lipinski definition) is 0. The van der Waals surface area contributed by atoms with Crippen molar-refractivity contribution in [3.05, 3.63) is 65.5 Å². The predicted octanol–water partition coefficient (Wildman–Crippen LogP) is 3.30. The van der Waals surface area contributed by atoms with E-state index in [2.05, 4.69) is 10.2 Å². The van der Waals surface area contributed by atoms with Gasteiger partial charge in [-0.05, 0) is 29.8 Å². The fourth-order valence-electron chi connectivity index (χ4n) is 2.31. The minimum Gasteiger partial charge on any atom is -0.496 e. The van der Waals surface area contributed by atoms with Crippen molar-refractivity contribution in [1.82, 2.24) is 4.90 Å². The Labute approximate surface area is 149 Å². The molecule has 2 aromatic rings. The molecule has 25 heavy (non-hydrogen) atoms. The van der Waals surface area contributed by atoms with Gasteiger partial charge in [0.25, 0.3) is 0 Å². The molecule has 0 N–H and O–H groups in total. The number of rotatable bonds is 5. The minimum absolute atomic E-state index is 0.0411. The van der Waals surface area contributed by atoms with Crippen LogP contribution < -0.4 is 4.74 Å². The van der Waals surface area contributed by atoms with Crippen LogP contribution >= 0.6 is 11.8 Å². The molecule has 5 nitrogen and oxygen atoms in total. The Morgan fingerprint density at radius 2 is 2.00 bits per heavy atom. The fraction of sp³-hybridized carbons (Fsp3) is 0.167. The molecule has 0 atom stereocenters. The number of carbonyl (C=O) groups is 1. The summed E-state index contributed by atoms with van der Waals surface area (Å²) in [6, 6.07) is 13.5. The predicted molar refractivity (Wildman–Crippen MR) is 97.4 cm³/mol. The smallest absolute Gasteiger partial charge is 0.239 e. The van der Waals surface area contributed by atoms with Gasteiger partial charge in [0, 0.05) is 5.56 Å². The maximum atomic E-state index is 13.0. The molecule has 128 valence electrons. The lowest BCUT2D eigenvalue weighted by Gasteiger charge is -2.15. The third-order valence-corrected chi connectivity index (χ3v) is 4.54. The molecule has 0 spiro atoms. The van der Waals surface area contributed by atoms with Crippen molar-refractivity contribution in [3.8, 4) is 5.75 Å². The number of para-hydroxylation sites is 1. The second-order valence-corrected chi connectivity index (χ2v) is 6.21. The molecule has 1 amide bonds. The zero-order valence-corrected chi connectivity index (χ0v) is 14.4. The first kappa shape index (κ1) is 17.2. The summed E-state index contributed by atoms with van der Waals surface area (Å²) in [6.07, 6.45) is 1.59. The molecule has 1 fully saturated rings. The Balaban J connectivity index is 1.75. The van der Waals surface area contributed by atoms with E-state index in [1.807, 2.05) is 24.3 Å². The molecule has 3 rings (SSSR count). The van der Waals surface area contributed by atoms with Gasteiger partial charge in [-0.25, -0.2) is 4.39 Å². The quantitative estimate of drug-likeness (QED) is 0.609. The Hall–Kier alpha value is -2.67. The van der Waals surface area contributed by atoms with Crippen molar-refractivity contribution in [2.45, 2.75) is 6.54 Å². The van der Waals surface area contributed by atoms with E-state index in [9.17, 15) is 9.18 Å². The Kier molecular flexibility index (Phi) is 5.45. The highest BCUT2D eigenvalue weighted by atomic mass is 32.2. The maximum absolute atomic E-state index is 13.0. The normalized spacial score (nSPS) is 16.2. The number of ether oxygens (including phenoxy) is 1. The number of hydrogen-bond acceptors (Lipinski definition) is 5. The number of benzene rings is 2. The fourth-order valence-corrected chi connectivity index (χ4v) is 3.15. The lowest BCUT2D eigenvalue weighted by molar-refractivity contribution is -0.124. The summed E-state index contributed by atoms with van der Waals surface area (Å²) in [4.78, 5) is 13.6. The highest BCUT2D eigenvalue weighted by Crippen LogP contribution is 2.22. The van der Waals surface area contributed by atoms with Gasteiger partial charge < -0.3 is 4.74 Å². The van der Waals surface area contributed by atoms with E-state index in [4.69, 9.17) is 4.74 Å². The highest BCUT2D eigenvalue weighted by Gasteiger charge is 2.28. The molecule has 0 unspecified atom stereocenters. The molecule has 0 bridgehead atoms. The first-order chi connectivity index (χ1) is 12.2. The van der Waals surface area contributed by atoms with Crippen LogP contribution in [0.2, 0.25) is 0 Å². The number of methoxy groups -OCH3 is 1. The summed E-state index contributed by atoms with van der Waals surface area (Å²) in [7, 11) is 1.59. The standard InChI is InChI=1S/C18H16FN3O2S/c1-24-16-5-3-2-4-14(16)10-20-21-18-22(17(23)12-25-18)11-13-6-8-15(19)9-7-13/h2-10H,11-12H2,1H3/b20-10-,21-18-. The Morgan fingerprint density at radius 3 is 2.76 bits per heavy atom. The summed E-state index contributed by atoms with van der Waals surface area (Å²) in [6.45, 7) is 0.342. The van der Waals surface area contributed by atoms with E-state index in [0.29, 0.717) is 23.2 Å². The third-order valence-electron chi connectivity index (χ3n) is 3.59. The first-order valence-corrected chi connectivity index (χ1v) is 8.57. The highest BCUT2D eigenvalue weighted by molar-refractivity contribution is 8.15. The molecule has 1 aliphatic rings. The SMILES string of the molecule is COc1ccccc1/C=N\N=C1/SCC(=O)N1Cc1ccc(F)cc1. The van der Waals surface area contributed by atoms with Crippen molar-refractivity contribution in [2.24, 2.45) is 10.2 Å². The average molecular weight is 357 g/mol. The lowest BCUT2D eigenvalue weighted by atomic mass is 10.2. The van der Waals surface area contributed by atoms with Crippen LogP contribution in [-0.2, 0) is 11.3 Å². The molecule has 0 radical (unpaired) electrons. The molecule has 7 heteroatoms. The van der Waals surface area contributed by atoms with Crippen LogP contribution in [0.25, 0.3) is 0 Å². The second-order valence-electron chi connectivity index (χ2n) is 5.26. The number of halogens is 1. The van der Waals surface area contributed by atoms with Crippen LogP contribution in [0.1, 0.15) is 11.1 Å². The van der Waals surface area contributed by atoms with Gasteiger partial charge >= 0.3 is 0 Å². The van der Waals surface area contributed by atoms with Gasteiger partial charge in [-0.1, -0.05) is 36.0 Å². The van der Waals surface area contributed by atoms with E-state index in [1.165, 1.54) is 23.9 Å². The van der Waals surface area contributed by atoms with E-state index in [-0.39, 0.29) is 11.7 Å². The third kappa shape index (κ3) is 4.24. The van der Waals surface area contributed by atoms with E-state index in [1.54, 1.807) is 30.4 Å². The topological polar surface area (TPSA) is 54.3 Å². The van der Waals surface area contributed by atoms with Crippen LogP contribution in [0.15, 0.2) is 58.7 Å². The number of amidine groups is 1. The number of nitrogens with zero attached hydrogens (tertiary/aromatic N) is 3. The summed E-state index contributed by atoms with van der Waals surface area (Å²) >= 11 is 1.33. The zero-order valence-electron chi connectivity index (χ0n) is 13.6. The number of thioether (sulfide) groups is 1. The lowest BCUT2D eigenvalue weighted by Crippen LogP contribution is -2.28. The van der Waals surface area contributed by atoms with Gasteiger partial charge in [0.05, 0.1) is 25.6 Å². The van der Waals surface area contributed by atoms with Gasteiger partial charge in [0.2, 0.25) is 5.91 Å². The maximum Gasteiger partial charge on any atom is 0.239 e. The van der Waals surface area contributed by atoms with E-state index in [0.717, 1.165) is 11.1 Å². The van der Waals surface area contributed by atoms with Crippen LogP contribution in [-0.4, -0.2) is 35.1 Å². The molecular formula is C18H16FN3O2S. The number of carbonyl (C=O) groups excluding carboxylic acids is 1. The molecule has 0 aromatic heterocycles. The summed E-state index contributed by atoms with van der Waals surface area (Å²) in [5.74, 6) is 0.677. The van der Waals surface area contributed by atoms with Crippen molar-refractivity contribution >= 4 is 29.1 Å². The number of amides is 1. The van der Waals surface area contributed by atoms with Gasteiger partial charge in [0.15, 0.2) is 5.17 Å². The monoisotopic (exact) mass is 357 g/mol. The summed E-state index contributed by atoms with van der Waals surface area (Å²) in [5, 5.41) is 8.77. The first-order valence-electron chi connectivity index (χ1n) is 7.59. The van der Waals surface area contributed by atoms with Crippen molar-refractivity contribution in [1.29, 1.82) is 0 Å². The molecule has 0 aliphatic carbocycles. The largest absolute Gasteiger partial charge is 0.496 e. The Morgan fingerprint density at radius 1 is 1.24 bits per heavy atom. The summed E-state index contributed by atoms with van der Waals surface area (Å²) < 4.78 is 18.3. The Bertz CT molecular complexity index is 821. The zero-order chi connectivity index (χ0) is 17.6. The molecule has 1 heterocycles.